The maximum Gasteiger partial charge on any atom is 0.307 e. The van der Waals surface area contributed by atoms with Crippen LogP contribution in [0, 0.1) is 17.8 Å². The van der Waals surface area contributed by atoms with Gasteiger partial charge in [0.15, 0.2) is 0 Å². The van der Waals surface area contributed by atoms with Crippen LogP contribution in [0.3, 0.4) is 0 Å². The van der Waals surface area contributed by atoms with Crippen molar-refractivity contribution in [2.75, 3.05) is 12.3 Å². The molecule has 124 valence electrons. The quantitative estimate of drug-likeness (QED) is 0.715. The Hall–Kier alpha value is -0.760. The average Bonchev–Trinajstić information content (AvgIpc) is 2.63. The molecule has 5 nitrogen and oxygen atoms in total. The summed E-state index contributed by atoms with van der Waals surface area (Å²) in [5.41, 5.74) is 0. The molecule has 0 aromatic heterocycles. The number of rotatable bonds is 8. The van der Waals surface area contributed by atoms with Crippen LogP contribution in [-0.4, -0.2) is 37.7 Å². The van der Waals surface area contributed by atoms with Gasteiger partial charge >= 0.3 is 5.97 Å². The number of alkyl halides is 2. The SMILES string of the molecule is CC(C)CC(CNS(=O)(=O)CC1CCCC1(F)F)C(=O)O. The first-order valence-corrected chi connectivity index (χ1v) is 8.76. The molecule has 21 heavy (non-hydrogen) atoms. The first kappa shape index (κ1) is 18.3. The smallest absolute Gasteiger partial charge is 0.307 e. The summed E-state index contributed by atoms with van der Waals surface area (Å²) in [6, 6.07) is 0. The van der Waals surface area contributed by atoms with Crippen LogP contribution < -0.4 is 4.72 Å². The van der Waals surface area contributed by atoms with Crippen molar-refractivity contribution in [3.63, 3.8) is 0 Å². The summed E-state index contributed by atoms with van der Waals surface area (Å²) in [4.78, 5) is 11.0. The summed E-state index contributed by atoms with van der Waals surface area (Å²) in [6.45, 7) is 3.42. The average molecular weight is 327 g/mol. The van der Waals surface area contributed by atoms with E-state index >= 15 is 0 Å². The molecule has 1 saturated carbocycles. The van der Waals surface area contributed by atoms with Crippen molar-refractivity contribution in [2.24, 2.45) is 17.8 Å². The van der Waals surface area contributed by atoms with E-state index in [1.807, 2.05) is 13.8 Å². The molecule has 2 N–H and O–H groups in total. The van der Waals surface area contributed by atoms with Crippen molar-refractivity contribution >= 4 is 16.0 Å². The fourth-order valence-electron chi connectivity index (χ4n) is 2.60. The van der Waals surface area contributed by atoms with Crippen LogP contribution in [0.1, 0.15) is 39.5 Å². The highest BCUT2D eigenvalue weighted by Gasteiger charge is 2.45. The number of sulfonamides is 1. The third-order valence-electron chi connectivity index (χ3n) is 3.74. The maximum atomic E-state index is 13.5. The predicted molar refractivity (Wildman–Crippen MR) is 74.7 cm³/mol. The zero-order valence-electron chi connectivity index (χ0n) is 12.3. The molecule has 0 radical (unpaired) electrons. The maximum absolute atomic E-state index is 13.5. The van der Waals surface area contributed by atoms with E-state index in [4.69, 9.17) is 5.11 Å². The number of nitrogens with one attached hydrogen (secondary N) is 1. The van der Waals surface area contributed by atoms with Crippen LogP contribution in [0.25, 0.3) is 0 Å². The minimum absolute atomic E-state index is 0.106. The van der Waals surface area contributed by atoms with E-state index in [1.54, 1.807) is 0 Å². The fraction of sp³-hybridized carbons (Fsp3) is 0.923. The van der Waals surface area contributed by atoms with Gasteiger partial charge in [0.05, 0.1) is 11.7 Å². The van der Waals surface area contributed by atoms with Gasteiger partial charge in [-0.15, -0.1) is 0 Å². The minimum Gasteiger partial charge on any atom is -0.481 e. The van der Waals surface area contributed by atoms with Crippen LogP contribution in [-0.2, 0) is 14.8 Å². The molecule has 0 aromatic rings. The molecule has 1 aliphatic rings. The highest BCUT2D eigenvalue weighted by molar-refractivity contribution is 7.89. The highest BCUT2D eigenvalue weighted by Crippen LogP contribution is 2.40. The normalized spacial score (nSPS) is 23.4. The number of carbonyl (C=O) groups is 1. The predicted octanol–water partition coefficient (Wildman–Crippen LogP) is 2.09. The van der Waals surface area contributed by atoms with E-state index in [0.29, 0.717) is 12.8 Å². The van der Waals surface area contributed by atoms with E-state index in [-0.39, 0.29) is 25.3 Å². The van der Waals surface area contributed by atoms with Crippen LogP contribution in [0.5, 0.6) is 0 Å². The van der Waals surface area contributed by atoms with E-state index in [1.165, 1.54) is 0 Å². The van der Waals surface area contributed by atoms with Gasteiger partial charge < -0.3 is 5.11 Å². The molecule has 0 amide bonds. The van der Waals surface area contributed by atoms with Crippen molar-refractivity contribution in [1.82, 2.24) is 4.72 Å². The third kappa shape index (κ3) is 5.86. The number of carboxylic acids is 1. The highest BCUT2D eigenvalue weighted by atomic mass is 32.2. The summed E-state index contributed by atoms with van der Waals surface area (Å²) >= 11 is 0. The molecule has 0 aromatic carbocycles. The molecule has 0 aliphatic heterocycles. The zero-order chi connectivity index (χ0) is 16.3. The lowest BCUT2D eigenvalue weighted by Gasteiger charge is -2.20. The Labute approximate surface area is 124 Å². The number of carboxylic acid groups (broad SMARTS) is 1. The molecule has 1 rings (SSSR count). The van der Waals surface area contributed by atoms with Gasteiger partial charge in [0.2, 0.25) is 10.0 Å². The van der Waals surface area contributed by atoms with Crippen LogP contribution >= 0.6 is 0 Å². The van der Waals surface area contributed by atoms with Crippen LogP contribution in [0.2, 0.25) is 0 Å². The molecule has 0 spiro atoms. The van der Waals surface area contributed by atoms with Crippen LogP contribution in [0.4, 0.5) is 8.78 Å². The molecule has 0 bridgehead atoms. The third-order valence-corrected chi connectivity index (χ3v) is 5.18. The van der Waals surface area contributed by atoms with Gasteiger partial charge in [-0.2, -0.15) is 0 Å². The van der Waals surface area contributed by atoms with Gasteiger partial charge in [-0.1, -0.05) is 13.8 Å². The molecular formula is C13H23F2NO4S. The second kappa shape index (κ2) is 7.00. The largest absolute Gasteiger partial charge is 0.481 e. The van der Waals surface area contributed by atoms with Gasteiger partial charge in [-0.3, -0.25) is 4.79 Å². The molecule has 1 aliphatic carbocycles. The summed E-state index contributed by atoms with van der Waals surface area (Å²) < 4.78 is 52.8. The Balaban J connectivity index is 2.57. The lowest BCUT2D eigenvalue weighted by Crippen LogP contribution is -2.39. The van der Waals surface area contributed by atoms with Gasteiger partial charge in [-0.25, -0.2) is 21.9 Å². The summed E-state index contributed by atoms with van der Waals surface area (Å²) in [5, 5.41) is 9.03. The molecular weight excluding hydrogens is 304 g/mol. The first-order chi connectivity index (χ1) is 9.53. The van der Waals surface area contributed by atoms with Crippen molar-refractivity contribution < 1.29 is 27.1 Å². The Morgan fingerprint density at radius 2 is 2.05 bits per heavy atom. The molecule has 2 atom stereocenters. The lowest BCUT2D eigenvalue weighted by molar-refractivity contribution is -0.142. The van der Waals surface area contributed by atoms with E-state index < -0.39 is 39.5 Å². The van der Waals surface area contributed by atoms with Crippen LogP contribution in [0.15, 0.2) is 0 Å². The Morgan fingerprint density at radius 3 is 2.48 bits per heavy atom. The number of aliphatic carboxylic acids is 1. The van der Waals surface area contributed by atoms with Crippen molar-refractivity contribution in [3.8, 4) is 0 Å². The van der Waals surface area contributed by atoms with E-state index in [9.17, 15) is 22.0 Å². The second-order valence-electron chi connectivity index (χ2n) is 6.14. The van der Waals surface area contributed by atoms with E-state index in [0.717, 1.165) is 0 Å². The molecule has 0 heterocycles. The Morgan fingerprint density at radius 1 is 1.43 bits per heavy atom. The lowest BCUT2D eigenvalue weighted by atomic mass is 9.98. The second-order valence-corrected chi connectivity index (χ2v) is 8.00. The first-order valence-electron chi connectivity index (χ1n) is 7.11. The van der Waals surface area contributed by atoms with Gasteiger partial charge in [0.25, 0.3) is 5.92 Å². The van der Waals surface area contributed by atoms with Crippen molar-refractivity contribution in [3.05, 3.63) is 0 Å². The van der Waals surface area contributed by atoms with Crippen molar-refractivity contribution in [2.45, 2.75) is 45.5 Å². The Bertz CT molecular complexity index is 465. The van der Waals surface area contributed by atoms with E-state index in [2.05, 4.69) is 4.72 Å². The topological polar surface area (TPSA) is 83.5 Å². The molecule has 1 fully saturated rings. The van der Waals surface area contributed by atoms with Gasteiger partial charge in [0.1, 0.15) is 0 Å². The van der Waals surface area contributed by atoms with Crippen molar-refractivity contribution in [1.29, 1.82) is 0 Å². The summed E-state index contributed by atoms with van der Waals surface area (Å²) in [6.07, 6.45) is 0.552. The molecule has 0 saturated heterocycles. The molecule has 2 unspecified atom stereocenters. The van der Waals surface area contributed by atoms with Gasteiger partial charge in [0, 0.05) is 18.9 Å². The molecule has 8 heteroatoms. The van der Waals surface area contributed by atoms with Gasteiger partial charge in [-0.05, 0) is 25.2 Å². The zero-order valence-corrected chi connectivity index (χ0v) is 13.1. The summed E-state index contributed by atoms with van der Waals surface area (Å²) in [5.74, 6) is -6.59. The monoisotopic (exact) mass is 327 g/mol. The number of hydrogen-bond acceptors (Lipinski definition) is 3. The standard InChI is InChI=1S/C13H23F2NO4S/c1-9(2)6-10(12(17)18)7-16-21(19,20)8-11-4-3-5-13(11,14)15/h9-11,16H,3-8H2,1-2H3,(H,17,18). The minimum atomic E-state index is -3.89. The number of hydrogen-bond donors (Lipinski definition) is 2. The number of halogens is 2. The summed E-state index contributed by atoms with van der Waals surface area (Å²) in [7, 11) is -3.89. The Kier molecular flexibility index (Phi) is 6.10. The fourth-order valence-corrected chi connectivity index (χ4v) is 4.11.